The van der Waals surface area contributed by atoms with Crippen LogP contribution in [0.5, 0.6) is 5.75 Å². The molecule has 0 aliphatic heterocycles. The Bertz CT molecular complexity index is 886. The number of nitrogens with one attached hydrogen (secondary N) is 1. The number of amides is 2. The minimum absolute atomic E-state index is 0.0550. The van der Waals surface area contributed by atoms with Gasteiger partial charge >= 0.3 is 0 Å². The van der Waals surface area contributed by atoms with Crippen LogP contribution in [0.3, 0.4) is 0 Å². The predicted molar refractivity (Wildman–Crippen MR) is 125 cm³/mol. The van der Waals surface area contributed by atoms with E-state index in [-0.39, 0.29) is 17.9 Å². The molecular weight excluding hydrogens is 388 g/mol. The highest BCUT2D eigenvalue weighted by Crippen LogP contribution is 2.25. The van der Waals surface area contributed by atoms with Crippen LogP contribution in [0.1, 0.15) is 74.7 Å². The maximum absolute atomic E-state index is 13.1. The molecule has 1 saturated carbocycles. The molecule has 5 nitrogen and oxygen atoms in total. The molecule has 2 amide bonds. The molecule has 0 heterocycles. The molecule has 0 aromatic heterocycles. The van der Waals surface area contributed by atoms with Crippen molar-refractivity contribution in [3.8, 4) is 5.75 Å². The third-order valence-electron chi connectivity index (χ3n) is 6.09. The Hall–Kier alpha value is -2.82. The van der Waals surface area contributed by atoms with E-state index in [1.165, 1.54) is 12.0 Å². The Morgan fingerprint density at radius 1 is 0.968 bits per heavy atom. The summed E-state index contributed by atoms with van der Waals surface area (Å²) in [7, 11) is 1.86. The van der Waals surface area contributed by atoms with Gasteiger partial charge in [0.15, 0.2) is 6.10 Å². The van der Waals surface area contributed by atoms with Gasteiger partial charge in [0.05, 0.1) is 11.3 Å². The van der Waals surface area contributed by atoms with E-state index in [1.54, 1.807) is 19.1 Å². The molecule has 31 heavy (non-hydrogen) atoms. The number of hydrogen-bond donors (Lipinski definition) is 1. The summed E-state index contributed by atoms with van der Waals surface area (Å²) in [5.41, 5.74) is 2.25. The highest BCUT2D eigenvalue weighted by molar-refractivity contribution is 6.04. The second-order valence-corrected chi connectivity index (χ2v) is 8.73. The van der Waals surface area contributed by atoms with Gasteiger partial charge in [0, 0.05) is 13.1 Å². The second-order valence-electron chi connectivity index (χ2n) is 8.73. The fourth-order valence-electron chi connectivity index (χ4n) is 4.03. The van der Waals surface area contributed by atoms with Crippen LogP contribution in [0, 0.1) is 0 Å². The maximum atomic E-state index is 13.1. The van der Waals surface area contributed by atoms with Crippen molar-refractivity contribution in [3.63, 3.8) is 0 Å². The molecule has 1 aliphatic carbocycles. The van der Waals surface area contributed by atoms with Crippen LogP contribution >= 0.6 is 0 Å². The summed E-state index contributed by atoms with van der Waals surface area (Å²) in [5.74, 6) is 0.748. The summed E-state index contributed by atoms with van der Waals surface area (Å²) in [5, 5.41) is 2.89. The molecule has 0 spiro atoms. The first kappa shape index (κ1) is 22.9. The Morgan fingerprint density at radius 2 is 1.61 bits per heavy atom. The first-order chi connectivity index (χ1) is 14.9. The molecular formula is C26H34N2O3. The molecule has 2 aromatic rings. The lowest BCUT2D eigenvalue weighted by molar-refractivity contribution is -0.122. The van der Waals surface area contributed by atoms with Crippen molar-refractivity contribution in [2.75, 3.05) is 12.4 Å². The number of benzene rings is 2. The van der Waals surface area contributed by atoms with E-state index in [4.69, 9.17) is 4.74 Å². The van der Waals surface area contributed by atoms with Crippen molar-refractivity contribution in [1.82, 2.24) is 4.90 Å². The summed E-state index contributed by atoms with van der Waals surface area (Å²) in [4.78, 5) is 27.7. The van der Waals surface area contributed by atoms with E-state index in [2.05, 4.69) is 19.2 Å². The molecule has 1 atom stereocenters. The molecule has 166 valence electrons. The standard InChI is InChI=1S/C26H34N2O3/c1-18(2)20-14-16-22(17-15-20)31-19(3)25(29)27-24-13-9-8-12-23(24)26(30)28(4)21-10-6-5-7-11-21/h8-9,12-19,21H,5-7,10-11H2,1-4H3,(H,27,29). The number of rotatable bonds is 7. The molecule has 2 aromatic carbocycles. The van der Waals surface area contributed by atoms with E-state index < -0.39 is 6.10 Å². The predicted octanol–water partition coefficient (Wildman–Crippen LogP) is 5.62. The van der Waals surface area contributed by atoms with Gasteiger partial charge in [-0.15, -0.1) is 0 Å². The molecule has 1 unspecified atom stereocenters. The highest BCUT2D eigenvalue weighted by atomic mass is 16.5. The number of carbonyl (C=O) groups excluding carboxylic acids is 2. The third kappa shape index (κ3) is 5.87. The van der Waals surface area contributed by atoms with Crippen LogP contribution < -0.4 is 10.1 Å². The fourth-order valence-corrected chi connectivity index (χ4v) is 4.03. The second kappa shape index (κ2) is 10.5. The number of ether oxygens (including phenoxy) is 1. The minimum atomic E-state index is -0.691. The minimum Gasteiger partial charge on any atom is -0.481 e. The number of hydrogen-bond acceptors (Lipinski definition) is 3. The number of nitrogens with zero attached hydrogens (tertiary/aromatic N) is 1. The zero-order chi connectivity index (χ0) is 22.4. The number of carbonyl (C=O) groups is 2. The summed E-state index contributed by atoms with van der Waals surface area (Å²) in [6.45, 7) is 5.98. The Labute approximate surface area is 185 Å². The number of anilines is 1. The lowest BCUT2D eigenvalue weighted by atomic mass is 9.94. The van der Waals surface area contributed by atoms with E-state index >= 15 is 0 Å². The number of para-hydroxylation sites is 1. The van der Waals surface area contributed by atoms with Crippen LogP contribution in [0.2, 0.25) is 0 Å². The average molecular weight is 423 g/mol. The molecule has 0 radical (unpaired) electrons. The normalized spacial score (nSPS) is 15.4. The Morgan fingerprint density at radius 3 is 2.26 bits per heavy atom. The van der Waals surface area contributed by atoms with E-state index in [0.717, 1.165) is 25.7 Å². The molecule has 0 saturated heterocycles. The maximum Gasteiger partial charge on any atom is 0.265 e. The van der Waals surface area contributed by atoms with Gasteiger partial charge in [-0.1, -0.05) is 57.4 Å². The van der Waals surface area contributed by atoms with Gasteiger partial charge in [0.1, 0.15) is 5.75 Å². The zero-order valence-electron chi connectivity index (χ0n) is 19.1. The quantitative estimate of drug-likeness (QED) is 0.630. The first-order valence-electron chi connectivity index (χ1n) is 11.3. The SMILES string of the molecule is CC(Oc1ccc(C(C)C)cc1)C(=O)Nc1ccccc1C(=O)N(C)C1CCCCC1. The average Bonchev–Trinajstić information content (AvgIpc) is 2.79. The van der Waals surface area contributed by atoms with Crippen molar-refractivity contribution >= 4 is 17.5 Å². The lowest BCUT2D eigenvalue weighted by Gasteiger charge is -2.31. The summed E-state index contributed by atoms with van der Waals surface area (Å²) >= 11 is 0. The van der Waals surface area contributed by atoms with Gasteiger partial charge in [-0.3, -0.25) is 9.59 Å². The van der Waals surface area contributed by atoms with Crippen LogP contribution in [0.4, 0.5) is 5.69 Å². The first-order valence-corrected chi connectivity index (χ1v) is 11.3. The molecule has 5 heteroatoms. The highest BCUT2D eigenvalue weighted by Gasteiger charge is 2.25. The van der Waals surface area contributed by atoms with Gasteiger partial charge in [0.2, 0.25) is 0 Å². The van der Waals surface area contributed by atoms with Crippen molar-refractivity contribution < 1.29 is 14.3 Å². The molecule has 0 bridgehead atoms. The molecule has 3 rings (SSSR count). The monoisotopic (exact) mass is 422 g/mol. The van der Waals surface area contributed by atoms with Crippen LogP contribution in [0.15, 0.2) is 48.5 Å². The Balaban J connectivity index is 1.66. The molecule has 1 aliphatic rings. The van der Waals surface area contributed by atoms with Crippen molar-refractivity contribution in [1.29, 1.82) is 0 Å². The fraction of sp³-hybridized carbons (Fsp3) is 0.462. The van der Waals surface area contributed by atoms with Crippen molar-refractivity contribution in [2.45, 2.75) is 70.9 Å². The van der Waals surface area contributed by atoms with Gasteiger partial charge in [-0.05, 0) is 55.5 Å². The van der Waals surface area contributed by atoms with Gasteiger partial charge in [-0.25, -0.2) is 0 Å². The summed E-state index contributed by atoms with van der Waals surface area (Å²) in [6, 6.07) is 15.3. The van der Waals surface area contributed by atoms with E-state index in [0.29, 0.717) is 22.9 Å². The summed E-state index contributed by atoms with van der Waals surface area (Å²) < 4.78 is 5.82. The van der Waals surface area contributed by atoms with E-state index in [9.17, 15) is 9.59 Å². The van der Waals surface area contributed by atoms with Gasteiger partial charge in [-0.2, -0.15) is 0 Å². The lowest BCUT2D eigenvalue weighted by Crippen LogP contribution is -2.39. The van der Waals surface area contributed by atoms with Crippen molar-refractivity contribution in [3.05, 3.63) is 59.7 Å². The Kier molecular flexibility index (Phi) is 7.72. The largest absolute Gasteiger partial charge is 0.481 e. The van der Waals surface area contributed by atoms with E-state index in [1.807, 2.05) is 48.3 Å². The molecule has 1 N–H and O–H groups in total. The van der Waals surface area contributed by atoms with Crippen molar-refractivity contribution in [2.24, 2.45) is 0 Å². The van der Waals surface area contributed by atoms with Gasteiger partial charge < -0.3 is 15.0 Å². The topological polar surface area (TPSA) is 58.6 Å². The molecule has 1 fully saturated rings. The third-order valence-corrected chi connectivity index (χ3v) is 6.09. The van der Waals surface area contributed by atoms with Gasteiger partial charge in [0.25, 0.3) is 11.8 Å². The van der Waals surface area contributed by atoms with Crippen LogP contribution in [-0.2, 0) is 4.79 Å². The zero-order valence-corrected chi connectivity index (χ0v) is 19.1. The summed E-state index contributed by atoms with van der Waals surface area (Å²) in [6.07, 6.45) is 4.95. The van der Waals surface area contributed by atoms with Crippen LogP contribution in [-0.4, -0.2) is 35.9 Å². The smallest absolute Gasteiger partial charge is 0.265 e. The van der Waals surface area contributed by atoms with Crippen LogP contribution in [0.25, 0.3) is 0 Å².